The zero-order chi connectivity index (χ0) is 22.9. The lowest BCUT2D eigenvalue weighted by Gasteiger charge is -2.33. The Hall–Kier alpha value is -2.97. The number of carbonyl (C=O) groups is 1. The second-order valence-corrected chi connectivity index (χ2v) is 9.09. The van der Waals surface area contributed by atoms with Gasteiger partial charge < -0.3 is 20.4 Å². The minimum atomic E-state index is -0.957. The zero-order valence-corrected chi connectivity index (χ0v) is 18.9. The Labute approximate surface area is 187 Å². The first-order valence-electron chi connectivity index (χ1n) is 11.1. The lowest BCUT2D eigenvalue weighted by atomic mass is 9.94. The van der Waals surface area contributed by atoms with Crippen LogP contribution < -0.4 is 10.2 Å². The molecule has 1 aromatic carbocycles. The molecule has 0 atom stereocenters. The number of fused-ring (bicyclic) bond motifs is 1. The SMILES string of the molecule is Cc1cc2nc(NC(=O)c3ccc(C(C)(C)O)cc3)cc(N3CCC(CCO)CC3)n2n1. The third-order valence-electron chi connectivity index (χ3n) is 6.10. The standard InChI is InChI=1S/C24H31N5O3/c1-16-14-21-25-20(26-23(31)18-4-6-19(7-5-18)24(2,3)32)15-22(29(21)27-16)28-11-8-17(9-12-28)10-13-30/h4-7,14-15,17,30,32H,8-13H2,1-3H3,(H,25,26,31). The molecule has 4 rings (SSSR count). The molecule has 1 aliphatic rings. The molecule has 0 unspecified atom stereocenters. The quantitative estimate of drug-likeness (QED) is 0.548. The van der Waals surface area contributed by atoms with Gasteiger partial charge in [-0.1, -0.05) is 12.1 Å². The number of aliphatic hydroxyl groups is 2. The summed E-state index contributed by atoms with van der Waals surface area (Å²) in [5.41, 5.74) is 1.83. The van der Waals surface area contributed by atoms with Gasteiger partial charge in [0, 0.05) is 37.4 Å². The number of rotatable bonds is 6. The lowest BCUT2D eigenvalue weighted by Crippen LogP contribution is -2.35. The van der Waals surface area contributed by atoms with Crippen LogP contribution in [0.25, 0.3) is 5.65 Å². The minimum Gasteiger partial charge on any atom is -0.396 e. The van der Waals surface area contributed by atoms with E-state index in [9.17, 15) is 15.0 Å². The molecule has 8 heteroatoms. The summed E-state index contributed by atoms with van der Waals surface area (Å²) in [6.07, 6.45) is 2.87. The molecule has 1 saturated heterocycles. The van der Waals surface area contributed by atoms with Crippen molar-refractivity contribution < 1.29 is 15.0 Å². The molecule has 1 aliphatic heterocycles. The number of aromatic nitrogens is 3. The van der Waals surface area contributed by atoms with Crippen LogP contribution in [0.4, 0.5) is 11.6 Å². The first-order valence-corrected chi connectivity index (χ1v) is 11.1. The van der Waals surface area contributed by atoms with Gasteiger partial charge in [0.15, 0.2) is 5.65 Å². The van der Waals surface area contributed by atoms with E-state index in [1.807, 2.05) is 23.6 Å². The Kier molecular flexibility index (Phi) is 6.17. The lowest BCUT2D eigenvalue weighted by molar-refractivity contribution is 0.0785. The highest BCUT2D eigenvalue weighted by molar-refractivity contribution is 6.04. The van der Waals surface area contributed by atoms with Crippen LogP contribution in [0, 0.1) is 12.8 Å². The number of carbonyl (C=O) groups excluding carboxylic acids is 1. The first-order chi connectivity index (χ1) is 15.2. The molecular formula is C24H31N5O3. The second kappa shape index (κ2) is 8.88. The van der Waals surface area contributed by atoms with Gasteiger partial charge >= 0.3 is 0 Å². The Bertz CT molecular complexity index is 1090. The number of nitrogens with zero attached hydrogens (tertiary/aromatic N) is 4. The highest BCUT2D eigenvalue weighted by atomic mass is 16.3. The van der Waals surface area contributed by atoms with E-state index in [0.29, 0.717) is 22.9 Å². The van der Waals surface area contributed by atoms with E-state index < -0.39 is 5.60 Å². The molecule has 3 N–H and O–H groups in total. The van der Waals surface area contributed by atoms with E-state index in [1.165, 1.54) is 0 Å². The van der Waals surface area contributed by atoms with Crippen molar-refractivity contribution in [2.24, 2.45) is 5.92 Å². The molecule has 2 aromatic heterocycles. The number of nitrogens with one attached hydrogen (secondary N) is 1. The highest BCUT2D eigenvalue weighted by Crippen LogP contribution is 2.28. The molecule has 3 aromatic rings. The number of hydrogen-bond acceptors (Lipinski definition) is 6. The molecule has 0 aliphatic carbocycles. The number of anilines is 2. The molecule has 8 nitrogen and oxygen atoms in total. The van der Waals surface area contributed by atoms with Gasteiger partial charge in [-0.3, -0.25) is 4.79 Å². The maximum absolute atomic E-state index is 12.8. The van der Waals surface area contributed by atoms with Crippen molar-refractivity contribution in [3.63, 3.8) is 0 Å². The van der Waals surface area contributed by atoms with E-state index in [4.69, 9.17) is 0 Å². The fourth-order valence-electron chi connectivity index (χ4n) is 4.21. The predicted octanol–water partition coefficient (Wildman–Crippen LogP) is 3.12. The fourth-order valence-corrected chi connectivity index (χ4v) is 4.21. The molecule has 32 heavy (non-hydrogen) atoms. The third kappa shape index (κ3) is 4.76. The van der Waals surface area contributed by atoms with Crippen LogP contribution >= 0.6 is 0 Å². The van der Waals surface area contributed by atoms with E-state index >= 15 is 0 Å². The largest absolute Gasteiger partial charge is 0.396 e. The summed E-state index contributed by atoms with van der Waals surface area (Å²) >= 11 is 0. The van der Waals surface area contributed by atoms with Crippen molar-refractivity contribution in [1.29, 1.82) is 0 Å². The Morgan fingerprint density at radius 3 is 2.50 bits per heavy atom. The summed E-state index contributed by atoms with van der Waals surface area (Å²) in [5, 5.41) is 26.9. The van der Waals surface area contributed by atoms with Crippen molar-refractivity contribution in [3.8, 4) is 0 Å². The molecule has 0 bridgehead atoms. The van der Waals surface area contributed by atoms with Crippen LogP contribution in [0.2, 0.25) is 0 Å². The molecule has 170 valence electrons. The molecule has 1 amide bonds. The number of piperidine rings is 1. The van der Waals surface area contributed by atoms with Crippen molar-refractivity contribution >= 4 is 23.2 Å². The third-order valence-corrected chi connectivity index (χ3v) is 6.10. The summed E-state index contributed by atoms with van der Waals surface area (Å²) in [6.45, 7) is 7.32. The summed E-state index contributed by atoms with van der Waals surface area (Å²) in [5.74, 6) is 1.66. The van der Waals surface area contributed by atoms with Crippen LogP contribution in [-0.2, 0) is 5.60 Å². The normalized spacial score (nSPS) is 15.3. The van der Waals surface area contributed by atoms with Crippen LogP contribution in [0.5, 0.6) is 0 Å². The number of aliphatic hydroxyl groups excluding tert-OH is 1. The average Bonchev–Trinajstić information content (AvgIpc) is 3.13. The van der Waals surface area contributed by atoms with Gasteiger partial charge in [0.05, 0.1) is 11.3 Å². The van der Waals surface area contributed by atoms with Gasteiger partial charge in [0.25, 0.3) is 5.91 Å². The van der Waals surface area contributed by atoms with E-state index in [-0.39, 0.29) is 12.5 Å². The van der Waals surface area contributed by atoms with Gasteiger partial charge in [0.2, 0.25) is 0 Å². The highest BCUT2D eigenvalue weighted by Gasteiger charge is 2.23. The van der Waals surface area contributed by atoms with Gasteiger partial charge in [0.1, 0.15) is 11.6 Å². The topological polar surface area (TPSA) is 103 Å². The molecule has 0 spiro atoms. The van der Waals surface area contributed by atoms with Crippen LogP contribution in [0.15, 0.2) is 36.4 Å². The maximum atomic E-state index is 12.8. The minimum absolute atomic E-state index is 0.232. The van der Waals surface area contributed by atoms with E-state index in [1.54, 1.807) is 38.1 Å². The number of benzene rings is 1. The Balaban J connectivity index is 1.57. The van der Waals surface area contributed by atoms with Crippen LogP contribution in [0.1, 0.15) is 54.7 Å². The van der Waals surface area contributed by atoms with E-state index in [2.05, 4.69) is 20.3 Å². The molecular weight excluding hydrogens is 406 g/mol. The first kappa shape index (κ1) is 22.2. The number of hydrogen-bond donors (Lipinski definition) is 3. The van der Waals surface area contributed by atoms with Gasteiger partial charge in [-0.15, -0.1) is 0 Å². The van der Waals surface area contributed by atoms with Crippen LogP contribution in [0.3, 0.4) is 0 Å². The number of aryl methyl sites for hydroxylation is 1. The molecule has 1 fully saturated rings. The zero-order valence-electron chi connectivity index (χ0n) is 18.9. The smallest absolute Gasteiger partial charge is 0.256 e. The monoisotopic (exact) mass is 437 g/mol. The molecule has 0 saturated carbocycles. The Morgan fingerprint density at radius 1 is 1.19 bits per heavy atom. The molecule has 0 radical (unpaired) electrons. The van der Waals surface area contributed by atoms with Crippen LogP contribution in [-0.4, -0.2) is 50.4 Å². The van der Waals surface area contributed by atoms with E-state index in [0.717, 1.165) is 49.4 Å². The summed E-state index contributed by atoms with van der Waals surface area (Å²) in [6, 6.07) is 10.7. The summed E-state index contributed by atoms with van der Waals surface area (Å²) < 4.78 is 1.83. The van der Waals surface area contributed by atoms with Crippen molar-refractivity contribution in [2.45, 2.75) is 45.6 Å². The predicted molar refractivity (Wildman–Crippen MR) is 124 cm³/mol. The van der Waals surface area contributed by atoms with Crippen molar-refractivity contribution in [2.75, 3.05) is 29.9 Å². The van der Waals surface area contributed by atoms with Gasteiger partial charge in [-0.2, -0.15) is 9.61 Å². The summed E-state index contributed by atoms with van der Waals surface area (Å²) in [7, 11) is 0. The fraction of sp³-hybridized carbons (Fsp3) is 0.458. The summed E-state index contributed by atoms with van der Waals surface area (Å²) in [4.78, 5) is 19.7. The molecule has 3 heterocycles. The maximum Gasteiger partial charge on any atom is 0.256 e. The Morgan fingerprint density at radius 2 is 1.88 bits per heavy atom. The average molecular weight is 438 g/mol. The van der Waals surface area contributed by atoms with Gasteiger partial charge in [-0.25, -0.2) is 4.98 Å². The van der Waals surface area contributed by atoms with Crippen molar-refractivity contribution in [3.05, 3.63) is 53.2 Å². The second-order valence-electron chi connectivity index (χ2n) is 9.09. The van der Waals surface area contributed by atoms with Gasteiger partial charge in [-0.05, 0) is 63.6 Å². The number of amides is 1. The van der Waals surface area contributed by atoms with Crippen molar-refractivity contribution in [1.82, 2.24) is 14.6 Å².